The number of nitrogens with two attached hydrogens (primary N) is 1. The zero-order valence-electron chi connectivity index (χ0n) is 8.95. The fourth-order valence-electron chi connectivity index (χ4n) is 2.13. The fourth-order valence-corrected chi connectivity index (χ4v) is 2.13. The minimum Gasteiger partial charge on any atom is -0.480 e. The largest absolute Gasteiger partial charge is 0.480 e. The third kappa shape index (κ3) is 4.42. The molecule has 1 fully saturated rings. The number of hydrogen-bond acceptors (Lipinski definition) is 3. The molecule has 1 aliphatic rings. The topological polar surface area (TPSA) is 80.4 Å². The van der Waals surface area contributed by atoms with Gasteiger partial charge in [-0.3, -0.25) is 9.59 Å². The summed E-state index contributed by atoms with van der Waals surface area (Å²) >= 11 is 0. The Bertz CT molecular complexity index is 234. The molecule has 15 heavy (non-hydrogen) atoms. The molecule has 1 atom stereocenters. The molecule has 0 aromatic heterocycles. The SMILES string of the molecule is N[C@@H](CC(=O)CC1CCCCC1)C(=O)O. The van der Waals surface area contributed by atoms with E-state index in [1.54, 1.807) is 0 Å². The smallest absolute Gasteiger partial charge is 0.320 e. The van der Waals surface area contributed by atoms with Crippen LogP contribution in [-0.2, 0) is 9.59 Å². The maximum absolute atomic E-state index is 11.5. The second-order valence-corrected chi connectivity index (χ2v) is 4.40. The van der Waals surface area contributed by atoms with E-state index in [1.807, 2.05) is 0 Å². The molecule has 0 aromatic rings. The van der Waals surface area contributed by atoms with Crippen LogP contribution in [0.3, 0.4) is 0 Å². The summed E-state index contributed by atoms with van der Waals surface area (Å²) in [7, 11) is 0. The lowest BCUT2D eigenvalue weighted by molar-refractivity contribution is -0.140. The van der Waals surface area contributed by atoms with Gasteiger partial charge in [0.15, 0.2) is 0 Å². The van der Waals surface area contributed by atoms with Crippen LogP contribution in [0.1, 0.15) is 44.9 Å². The zero-order valence-corrected chi connectivity index (χ0v) is 8.95. The van der Waals surface area contributed by atoms with Crippen molar-refractivity contribution in [3.05, 3.63) is 0 Å². The van der Waals surface area contributed by atoms with Gasteiger partial charge in [0.05, 0.1) is 0 Å². The zero-order chi connectivity index (χ0) is 11.3. The Morgan fingerprint density at radius 3 is 2.40 bits per heavy atom. The van der Waals surface area contributed by atoms with Gasteiger partial charge in [0.25, 0.3) is 0 Å². The van der Waals surface area contributed by atoms with Crippen molar-refractivity contribution in [2.24, 2.45) is 11.7 Å². The van der Waals surface area contributed by atoms with Crippen molar-refractivity contribution in [2.75, 3.05) is 0 Å². The second kappa shape index (κ2) is 5.85. The van der Waals surface area contributed by atoms with E-state index in [0.717, 1.165) is 12.8 Å². The van der Waals surface area contributed by atoms with Crippen molar-refractivity contribution in [2.45, 2.75) is 51.0 Å². The molecule has 86 valence electrons. The van der Waals surface area contributed by atoms with E-state index in [1.165, 1.54) is 19.3 Å². The minimum absolute atomic E-state index is 0.00296. The van der Waals surface area contributed by atoms with E-state index in [4.69, 9.17) is 10.8 Å². The second-order valence-electron chi connectivity index (χ2n) is 4.40. The molecule has 1 rings (SSSR count). The van der Waals surface area contributed by atoms with Gasteiger partial charge < -0.3 is 10.8 Å². The number of carbonyl (C=O) groups excluding carboxylic acids is 1. The molecule has 0 spiro atoms. The molecular formula is C11H19NO3. The molecule has 0 saturated heterocycles. The van der Waals surface area contributed by atoms with Gasteiger partial charge in [-0.05, 0) is 5.92 Å². The average Bonchev–Trinajstić information content (AvgIpc) is 2.18. The van der Waals surface area contributed by atoms with Crippen LogP contribution < -0.4 is 5.73 Å². The van der Waals surface area contributed by atoms with Gasteiger partial charge in [-0.15, -0.1) is 0 Å². The number of Topliss-reactive ketones (excluding diaryl/α,β-unsaturated/α-hetero) is 1. The summed E-state index contributed by atoms with van der Waals surface area (Å²) < 4.78 is 0. The van der Waals surface area contributed by atoms with Crippen LogP contribution in [0, 0.1) is 5.92 Å². The van der Waals surface area contributed by atoms with Crippen molar-refractivity contribution in [3.8, 4) is 0 Å². The first-order valence-corrected chi connectivity index (χ1v) is 5.59. The number of ketones is 1. The Balaban J connectivity index is 2.25. The predicted octanol–water partition coefficient (Wildman–Crippen LogP) is 1.33. The van der Waals surface area contributed by atoms with Gasteiger partial charge in [0.1, 0.15) is 11.8 Å². The van der Waals surface area contributed by atoms with Crippen molar-refractivity contribution in [3.63, 3.8) is 0 Å². The summed E-state index contributed by atoms with van der Waals surface area (Å²) in [6, 6.07) is -1.03. The number of rotatable bonds is 5. The first-order chi connectivity index (χ1) is 7.09. The number of aliphatic carboxylic acids is 1. The molecule has 1 saturated carbocycles. The van der Waals surface area contributed by atoms with Crippen LogP contribution in [0.2, 0.25) is 0 Å². The van der Waals surface area contributed by atoms with E-state index in [9.17, 15) is 9.59 Å². The van der Waals surface area contributed by atoms with Crippen LogP contribution in [0.25, 0.3) is 0 Å². The molecule has 0 heterocycles. The lowest BCUT2D eigenvalue weighted by Gasteiger charge is -2.20. The molecule has 0 unspecified atom stereocenters. The van der Waals surface area contributed by atoms with E-state index < -0.39 is 12.0 Å². The summed E-state index contributed by atoms with van der Waals surface area (Å²) in [5.74, 6) is -0.629. The maximum atomic E-state index is 11.5. The summed E-state index contributed by atoms with van der Waals surface area (Å²) in [6.07, 6.45) is 6.36. The normalized spacial score (nSPS) is 19.8. The van der Waals surface area contributed by atoms with Crippen molar-refractivity contribution in [1.29, 1.82) is 0 Å². The Hall–Kier alpha value is -0.900. The van der Waals surface area contributed by atoms with Crippen LogP contribution in [-0.4, -0.2) is 22.9 Å². The molecule has 1 aliphatic carbocycles. The van der Waals surface area contributed by atoms with Crippen molar-refractivity contribution >= 4 is 11.8 Å². The highest BCUT2D eigenvalue weighted by Crippen LogP contribution is 2.26. The third-order valence-corrected chi connectivity index (χ3v) is 3.01. The molecule has 4 nitrogen and oxygen atoms in total. The predicted molar refractivity (Wildman–Crippen MR) is 56.4 cm³/mol. The number of carboxylic acid groups (broad SMARTS) is 1. The highest BCUT2D eigenvalue weighted by atomic mass is 16.4. The number of hydrogen-bond donors (Lipinski definition) is 2. The third-order valence-electron chi connectivity index (χ3n) is 3.01. The Morgan fingerprint density at radius 1 is 1.27 bits per heavy atom. The number of carboxylic acids is 1. The Labute approximate surface area is 89.8 Å². The van der Waals surface area contributed by atoms with Gasteiger partial charge in [-0.25, -0.2) is 0 Å². The van der Waals surface area contributed by atoms with Gasteiger partial charge in [0, 0.05) is 12.8 Å². The van der Waals surface area contributed by atoms with Crippen molar-refractivity contribution in [1.82, 2.24) is 0 Å². The summed E-state index contributed by atoms with van der Waals surface area (Å²) in [4.78, 5) is 21.9. The summed E-state index contributed by atoms with van der Waals surface area (Å²) in [6.45, 7) is 0. The highest BCUT2D eigenvalue weighted by molar-refractivity contribution is 5.85. The van der Waals surface area contributed by atoms with Crippen LogP contribution in [0.5, 0.6) is 0 Å². The van der Waals surface area contributed by atoms with E-state index >= 15 is 0 Å². The maximum Gasteiger partial charge on any atom is 0.320 e. The van der Waals surface area contributed by atoms with Gasteiger partial charge in [-0.2, -0.15) is 0 Å². The Kier molecular flexibility index (Phi) is 4.75. The van der Waals surface area contributed by atoms with Gasteiger partial charge in [0.2, 0.25) is 0 Å². The highest BCUT2D eigenvalue weighted by Gasteiger charge is 2.20. The number of carbonyl (C=O) groups is 2. The van der Waals surface area contributed by atoms with Crippen molar-refractivity contribution < 1.29 is 14.7 Å². The monoisotopic (exact) mass is 213 g/mol. The first-order valence-electron chi connectivity index (χ1n) is 5.59. The molecule has 4 heteroatoms. The van der Waals surface area contributed by atoms with Gasteiger partial charge >= 0.3 is 5.97 Å². The van der Waals surface area contributed by atoms with Gasteiger partial charge in [-0.1, -0.05) is 32.1 Å². The molecule has 0 amide bonds. The van der Waals surface area contributed by atoms with E-state index in [0.29, 0.717) is 12.3 Å². The Morgan fingerprint density at radius 2 is 1.87 bits per heavy atom. The van der Waals surface area contributed by atoms with Crippen LogP contribution >= 0.6 is 0 Å². The lowest BCUT2D eigenvalue weighted by Crippen LogP contribution is -2.33. The lowest BCUT2D eigenvalue weighted by atomic mass is 9.85. The van der Waals surface area contributed by atoms with E-state index in [-0.39, 0.29) is 12.2 Å². The van der Waals surface area contributed by atoms with E-state index in [2.05, 4.69) is 0 Å². The first kappa shape index (κ1) is 12.2. The minimum atomic E-state index is -1.09. The summed E-state index contributed by atoms with van der Waals surface area (Å²) in [5, 5.41) is 8.56. The van der Waals surface area contributed by atoms with Crippen LogP contribution in [0.15, 0.2) is 0 Å². The molecule has 0 aromatic carbocycles. The average molecular weight is 213 g/mol. The molecular weight excluding hydrogens is 194 g/mol. The summed E-state index contributed by atoms with van der Waals surface area (Å²) in [5.41, 5.74) is 5.30. The molecule has 0 aliphatic heterocycles. The fraction of sp³-hybridized carbons (Fsp3) is 0.818. The van der Waals surface area contributed by atoms with Crippen LogP contribution in [0.4, 0.5) is 0 Å². The standard InChI is InChI=1S/C11H19NO3/c12-10(11(14)15)7-9(13)6-8-4-2-1-3-5-8/h8,10H,1-7,12H2,(H,14,15)/t10-/m0/s1. The molecule has 0 radical (unpaired) electrons. The molecule has 3 N–H and O–H groups in total. The molecule has 0 bridgehead atoms. The quantitative estimate of drug-likeness (QED) is 0.722.